The summed E-state index contributed by atoms with van der Waals surface area (Å²) < 4.78 is 49.1. The van der Waals surface area contributed by atoms with Gasteiger partial charge < -0.3 is 0 Å². The lowest BCUT2D eigenvalue weighted by Crippen LogP contribution is -2.04. The van der Waals surface area contributed by atoms with E-state index in [1.165, 1.54) is 17.9 Å². The fraction of sp³-hybridized carbons (Fsp3) is 0.0714. The third-order valence-electron chi connectivity index (χ3n) is 2.46. The lowest BCUT2D eigenvalue weighted by Gasteiger charge is -2.07. The van der Waals surface area contributed by atoms with Gasteiger partial charge in [0, 0.05) is 4.90 Å². The van der Waals surface area contributed by atoms with Crippen molar-refractivity contribution in [3.63, 3.8) is 0 Å². The van der Waals surface area contributed by atoms with Crippen LogP contribution in [0.4, 0.5) is 13.2 Å². The van der Waals surface area contributed by atoms with Crippen LogP contribution < -0.4 is 0 Å². The van der Waals surface area contributed by atoms with E-state index in [1.807, 2.05) is 0 Å². The summed E-state index contributed by atoms with van der Waals surface area (Å²) in [6, 6.07) is 13.3. The first-order valence-corrected chi connectivity index (χ1v) is 6.66. The minimum absolute atomic E-state index is 0.496. The van der Waals surface area contributed by atoms with Gasteiger partial charge >= 0.3 is 6.18 Å². The first-order chi connectivity index (χ1) is 8.97. The van der Waals surface area contributed by atoms with Crippen molar-refractivity contribution in [3.8, 4) is 0 Å². The Hall–Kier alpha value is -1.62. The van der Waals surface area contributed by atoms with E-state index in [0.717, 1.165) is 12.1 Å². The first-order valence-electron chi connectivity index (χ1n) is 5.44. The van der Waals surface area contributed by atoms with Gasteiger partial charge in [0.15, 0.2) is 0 Å². The Labute approximate surface area is 111 Å². The summed E-state index contributed by atoms with van der Waals surface area (Å²) in [4.78, 5) is 0.613. The smallest absolute Gasteiger partial charge is 0.254 e. The standard InChI is InChI=1S/C14H10F3OS/c15-14(16,17)12-8-6-11(7-9-12)10-19(18)13-4-2-1-3-5-13/h1-10H. The molecule has 0 aliphatic rings. The van der Waals surface area contributed by atoms with Crippen LogP contribution in [-0.2, 0) is 17.0 Å². The zero-order valence-electron chi connectivity index (χ0n) is 9.72. The predicted octanol–water partition coefficient (Wildman–Crippen LogP) is 4.02. The molecule has 2 rings (SSSR count). The molecule has 0 aliphatic carbocycles. The second kappa shape index (κ2) is 5.57. The van der Waals surface area contributed by atoms with Crippen molar-refractivity contribution in [2.75, 3.05) is 0 Å². The van der Waals surface area contributed by atoms with Crippen molar-refractivity contribution in [1.29, 1.82) is 0 Å². The van der Waals surface area contributed by atoms with E-state index in [4.69, 9.17) is 0 Å². The summed E-state index contributed by atoms with van der Waals surface area (Å²) in [5, 5.41) is 0. The van der Waals surface area contributed by atoms with Gasteiger partial charge in [-0.05, 0) is 29.8 Å². The highest BCUT2D eigenvalue weighted by Crippen LogP contribution is 2.29. The topological polar surface area (TPSA) is 17.1 Å². The third-order valence-corrected chi connectivity index (χ3v) is 3.68. The molecule has 0 aromatic heterocycles. The molecule has 1 nitrogen and oxygen atoms in total. The van der Waals surface area contributed by atoms with Crippen molar-refractivity contribution in [2.24, 2.45) is 0 Å². The molecular formula is C14H10F3OS. The number of alkyl halides is 3. The average Bonchev–Trinajstić information content (AvgIpc) is 2.39. The van der Waals surface area contributed by atoms with Crippen molar-refractivity contribution >= 4 is 10.8 Å². The zero-order valence-corrected chi connectivity index (χ0v) is 10.5. The van der Waals surface area contributed by atoms with E-state index in [2.05, 4.69) is 0 Å². The molecule has 0 saturated heterocycles. The van der Waals surface area contributed by atoms with Gasteiger partial charge in [-0.1, -0.05) is 30.3 Å². The molecule has 19 heavy (non-hydrogen) atoms. The number of hydrogen-bond donors (Lipinski definition) is 0. The lowest BCUT2D eigenvalue weighted by molar-refractivity contribution is -0.137. The number of halogens is 3. The molecular weight excluding hydrogens is 273 g/mol. The number of rotatable bonds is 3. The molecule has 0 spiro atoms. The van der Waals surface area contributed by atoms with Gasteiger partial charge in [0.2, 0.25) is 0 Å². The average molecular weight is 283 g/mol. The third kappa shape index (κ3) is 3.67. The predicted molar refractivity (Wildman–Crippen MR) is 67.7 cm³/mol. The van der Waals surface area contributed by atoms with Crippen molar-refractivity contribution in [2.45, 2.75) is 11.1 Å². The largest absolute Gasteiger partial charge is 0.416 e. The molecule has 0 N–H and O–H groups in total. The van der Waals surface area contributed by atoms with E-state index >= 15 is 0 Å². The monoisotopic (exact) mass is 283 g/mol. The summed E-state index contributed by atoms with van der Waals surface area (Å²) in [6.45, 7) is 0. The van der Waals surface area contributed by atoms with E-state index in [9.17, 15) is 17.4 Å². The SMILES string of the molecule is O=S([CH]c1ccc(C(F)(F)F)cc1)c1ccccc1. The van der Waals surface area contributed by atoms with Gasteiger partial charge in [-0.15, -0.1) is 0 Å². The molecule has 5 heteroatoms. The van der Waals surface area contributed by atoms with Crippen LogP contribution in [0.1, 0.15) is 11.1 Å². The minimum atomic E-state index is -4.35. The normalized spacial score (nSPS) is 13.2. The molecule has 1 radical (unpaired) electrons. The maximum absolute atomic E-state index is 12.4. The van der Waals surface area contributed by atoms with Crippen LogP contribution in [0.5, 0.6) is 0 Å². The van der Waals surface area contributed by atoms with Gasteiger partial charge in [-0.25, -0.2) is 0 Å². The summed E-state index contributed by atoms with van der Waals surface area (Å²) >= 11 is 0. The van der Waals surface area contributed by atoms with E-state index in [1.54, 1.807) is 30.3 Å². The second-order valence-corrected chi connectivity index (χ2v) is 5.15. The molecule has 2 aromatic carbocycles. The van der Waals surface area contributed by atoms with Crippen LogP contribution in [0.25, 0.3) is 0 Å². The molecule has 0 heterocycles. The van der Waals surface area contributed by atoms with Crippen molar-refractivity contribution in [3.05, 3.63) is 71.5 Å². The zero-order chi connectivity index (χ0) is 13.9. The minimum Gasteiger partial charge on any atom is -0.254 e. The van der Waals surface area contributed by atoms with Crippen LogP contribution in [0.2, 0.25) is 0 Å². The van der Waals surface area contributed by atoms with E-state index in [0.29, 0.717) is 10.5 Å². The van der Waals surface area contributed by atoms with Gasteiger partial charge in [-0.2, -0.15) is 13.2 Å². The van der Waals surface area contributed by atoms with Gasteiger partial charge in [-0.3, -0.25) is 4.21 Å². The van der Waals surface area contributed by atoms with Gasteiger partial charge in [0.25, 0.3) is 0 Å². The fourth-order valence-electron chi connectivity index (χ4n) is 1.50. The Morgan fingerprint density at radius 1 is 0.895 bits per heavy atom. The number of hydrogen-bond acceptors (Lipinski definition) is 1. The maximum atomic E-state index is 12.4. The van der Waals surface area contributed by atoms with E-state index < -0.39 is 22.5 Å². The van der Waals surface area contributed by atoms with E-state index in [-0.39, 0.29) is 0 Å². The highest BCUT2D eigenvalue weighted by atomic mass is 32.2. The Morgan fingerprint density at radius 3 is 2.00 bits per heavy atom. The van der Waals surface area contributed by atoms with Crippen LogP contribution >= 0.6 is 0 Å². The van der Waals surface area contributed by atoms with Gasteiger partial charge in [0.1, 0.15) is 0 Å². The Balaban J connectivity index is 2.10. The van der Waals surface area contributed by atoms with Crippen LogP contribution in [0, 0.1) is 5.75 Å². The molecule has 0 aliphatic heterocycles. The van der Waals surface area contributed by atoms with Crippen molar-refractivity contribution < 1.29 is 17.4 Å². The maximum Gasteiger partial charge on any atom is 0.416 e. The molecule has 0 amide bonds. The first kappa shape index (κ1) is 13.8. The number of benzene rings is 2. The van der Waals surface area contributed by atoms with Crippen LogP contribution in [0.3, 0.4) is 0 Å². The second-order valence-electron chi connectivity index (χ2n) is 3.85. The summed E-state index contributed by atoms with van der Waals surface area (Å²) in [6.07, 6.45) is -4.35. The summed E-state index contributed by atoms with van der Waals surface area (Å²) in [7, 11) is -1.37. The molecule has 1 unspecified atom stereocenters. The fourth-order valence-corrected chi connectivity index (χ4v) is 2.46. The molecule has 0 fully saturated rings. The Bertz CT molecular complexity index is 561. The van der Waals surface area contributed by atoms with Crippen molar-refractivity contribution in [1.82, 2.24) is 0 Å². The van der Waals surface area contributed by atoms with Crippen LogP contribution in [-0.4, -0.2) is 4.21 Å². The summed E-state index contributed by atoms with van der Waals surface area (Å²) in [5.41, 5.74) is -0.217. The highest BCUT2D eigenvalue weighted by molar-refractivity contribution is 7.87. The molecule has 0 bridgehead atoms. The summed E-state index contributed by atoms with van der Waals surface area (Å²) in [5.74, 6) is 1.43. The Morgan fingerprint density at radius 2 is 1.47 bits per heavy atom. The molecule has 2 aromatic rings. The van der Waals surface area contributed by atoms with Crippen LogP contribution in [0.15, 0.2) is 59.5 Å². The quantitative estimate of drug-likeness (QED) is 0.831. The molecule has 99 valence electrons. The molecule has 1 atom stereocenters. The highest BCUT2D eigenvalue weighted by Gasteiger charge is 2.29. The lowest BCUT2D eigenvalue weighted by atomic mass is 10.1. The molecule has 0 saturated carbocycles. The van der Waals surface area contributed by atoms with Gasteiger partial charge in [0.05, 0.1) is 22.1 Å². The Kier molecular flexibility index (Phi) is 4.04.